The molecule has 1 unspecified atom stereocenters. The zero-order valence-corrected chi connectivity index (χ0v) is 17.3. The van der Waals surface area contributed by atoms with Crippen molar-refractivity contribution in [2.24, 2.45) is 0 Å². The highest BCUT2D eigenvalue weighted by Gasteiger charge is 2.17. The van der Waals surface area contributed by atoms with Crippen molar-refractivity contribution in [1.82, 2.24) is 4.98 Å². The first-order valence-electron chi connectivity index (χ1n) is 7.87. The SMILES string of the molecule is Cc1cc(Cl)ccc1OC(C)C(=O)Nc1nc(-c2ccc(Br)cc2)cs1. The Hall–Kier alpha value is -1.89. The van der Waals surface area contributed by atoms with Gasteiger partial charge in [-0.05, 0) is 49.7 Å². The molecule has 1 aromatic heterocycles. The van der Waals surface area contributed by atoms with E-state index in [-0.39, 0.29) is 5.91 Å². The molecule has 4 nitrogen and oxygen atoms in total. The zero-order valence-electron chi connectivity index (χ0n) is 14.1. The van der Waals surface area contributed by atoms with Crippen LogP contribution in [0.5, 0.6) is 5.75 Å². The Morgan fingerprint density at radius 2 is 2.00 bits per heavy atom. The van der Waals surface area contributed by atoms with Gasteiger partial charge in [0.15, 0.2) is 11.2 Å². The van der Waals surface area contributed by atoms with E-state index in [2.05, 4.69) is 26.2 Å². The molecule has 7 heteroatoms. The largest absolute Gasteiger partial charge is 0.481 e. The van der Waals surface area contributed by atoms with Crippen molar-refractivity contribution >= 4 is 49.9 Å². The Morgan fingerprint density at radius 3 is 2.69 bits per heavy atom. The quantitative estimate of drug-likeness (QED) is 0.522. The lowest BCUT2D eigenvalue weighted by atomic mass is 10.2. The second kappa shape index (κ2) is 8.20. The predicted molar refractivity (Wildman–Crippen MR) is 110 cm³/mol. The Kier molecular flexibility index (Phi) is 5.96. The van der Waals surface area contributed by atoms with Gasteiger partial charge in [-0.1, -0.05) is 39.7 Å². The van der Waals surface area contributed by atoms with E-state index in [0.717, 1.165) is 21.3 Å². The van der Waals surface area contributed by atoms with Gasteiger partial charge in [0.05, 0.1) is 5.69 Å². The molecule has 0 saturated carbocycles. The van der Waals surface area contributed by atoms with Crippen LogP contribution in [0.4, 0.5) is 5.13 Å². The van der Waals surface area contributed by atoms with Gasteiger partial charge in [0, 0.05) is 20.4 Å². The summed E-state index contributed by atoms with van der Waals surface area (Å²) in [6, 6.07) is 13.2. The second-order valence-corrected chi connectivity index (χ2v) is 7.91. The third-order valence-electron chi connectivity index (χ3n) is 3.68. The first-order chi connectivity index (χ1) is 12.4. The molecule has 3 aromatic rings. The number of carbonyl (C=O) groups is 1. The minimum Gasteiger partial charge on any atom is -0.481 e. The number of nitrogens with one attached hydrogen (secondary N) is 1. The fourth-order valence-electron chi connectivity index (χ4n) is 2.28. The van der Waals surface area contributed by atoms with Crippen molar-refractivity contribution in [3.8, 4) is 17.0 Å². The van der Waals surface area contributed by atoms with Crippen LogP contribution in [-0.4, -0.2) is 17.0 Å². The molecular weight excluding hydrogens is 436 g/mol. The molecule has 0 saturated heterocycles. The van der Waals surface area contributed by atoms with Crippen molar-refractivity contribution in [2.75, 3.05) is 5.32 Å². The van der Waals surface area contributed by atoms with E-state index in [1.807, 2.05) is 36.6 Å². The van der Waals surface area contributed by atoms with Crippen molar-refractivity contribution in [3.05, 3.63) is 62.9 Å². The average molecular weight is 452 g/mol. The average Bonchev–Trinajstić information content (AvgIpc) is 3.06. The first-order valence-corrected chi connectivity index (χ1v) is 9.92. The number of hydrogen-bond acceptors (Lipinski definition) is 4. The number of thiazole rings is 1. The van der Waals surface area contributed by atoms with Gasteiger partial charge in [-0.2, -0.15) is 0 Å². The van der Waals surface area contributed by atoms with Gasteiger partial charge in [0.25, 0.3) is 5.91 Å². The number of amides is 1. The first kappa shape index (κ1) is 18.9. The van der Waals surface area contributed by atoms with Gasteiger partial charge in [-0.25, -0.2) is 4.98 Å². The Labute approximate surface area is 169 Å². The smallest absolute Gasteiger partial charge is 0.266 e. The van der Waals surface area contributed by atoms with Crippen LogP contribution in [0.15, 0.2) is 52.3 Å². The summed E-state index contributed by atoms with van der Waals surface area (Å²) >= 11 is 10.7. The van der Waals surface area contributed by atoms with Gasteiger partial charge in [-0.15, -0.1) is 11.3 Å². The summed E-state index contributed by atoms with van der Waals surface area (Å²) in [5.74, 6) is 0.378. The van der Waals surface area contributed by atoms with E-state index in [1.165, 1.54) is 11.3 Å². The summed E-state index contributed by atoms with van der Waals surface area (Å²) in [7, 11) is 0. The van der Waals surface area contributed by atoms with Crippen LogP contribution in [0.1, 0.15) is 12.5 Å². The number of aromatic nitrogens is 1. The van der Waals surface area contributed by atoms with E-state index in [0.29, 0.717) is 15.9 Å². The molecule has 0 aliphatic carbocycles. The van der Waals surface area contributed by atoms with E-state index in [9.17, 15) is 4.79 Å². The van der Waals surface area contributed by atoms with Gasteiger partial charge >= 0.3 is 0 Å². The van der Waals surface area contributed by atoms with E-state index in [1.54, 1.807) is 25.1 Å². The molecule has 26 heavy (non-hydrogen) atoms. The number of carbonyl (C=O) groups excluding carboxylic acids is 1. The molecule has 0 radical (unpaired) electrons. The molecule has 0 fully saturated rings. The normalized spacial score (nSPS) is 11.8. The van der Waals surface area contributed by atoms with Gasteiger partial charge in [-0.3, -0.25) is 10.1 Å². The number of hydrogen-bond donors (Lipinski definition) is 1. The Balaban J connectivity index is 1.65. The minimum atomic E-state index is -0.657. The highest BCUT2D eigenvalue weighted by Crippen LogP contribution is 2.27. The number of ether oxygens (including phenoxy) is 1. The predicted octanol–water partition coefficient (Wildman–Crippen LogP) is 5.94. The minimum absolute atomic E-state index is 0.254. The maximum atomic E-state index is 12.4. The van der Waals surface area contributed by atoms with Crippen molar-refractivity contribution in [2.45, 2.75) is 20.0 Å². The lowest BCUT2D eigenvalue weighted by Gasteiger charge is -2.15. The Morgan fingerprint density at radius 1 is 1.27 bits per heavy atom. The van der Waals surface area contributed by atoms with Crippen LogP contribution in [0.2, 0.25) is 5.02 Å². The Bertz CT molecular complexity index is 928. The molecule has 0 spiro atoms. The monoisotopic (exact) mass is 450 g/mol. The summed E-state index contributed by atoms with van der Waals surface area (Å²) in [5, 5.41) is 5.89. The third kappa shape index (κ3) is 4.63. The van der Waals surface area contributed by atoms with E-state index in [4.69, 9.17) is 16.3 Å². The fraction of sp³-hybridized carbons (Fsp3) is 0.158. The highest BCUT2D eigenvalue weighted by atomic mass is 79.9. The highest BCUT2D eigenvalue weighted by molar-refractivity contribution is 9.10. The molecule has 0 aliphatic rings. The summed E-state index contributed by atoms with van der Waals surface area (Å²) in [6.45, 7) is 3.59. The second-order valence-electron chi connectivity index (χ2n) is 5.70. The zero-order chi connectivity index (χ0) is 18.7. The molecule has 0 aliphatic heterocycles. The number of halogens is 2. The molecular formula is C19H16BrClN2O2S. The topological polar surface area (TPSA) is 51.2 Å². The van der Waals surface area contributed by atoms with Crippen molar-refractivity contribution in [1.29, 1.82) is 0 Å². The van der Waals surface area contributed by atoms with Crippen molar-refractivity contribution in [3.63, 3.8) is 0 Å². The maximum Gasteiger partial charge on any atom is 0.266 e. The van der Waals surface area contributed by atoms with Gasteiger partial charge in [0.1, 0.15) is 5.75 Å². The van der Waals surface area contributed by atoms with E-state index < -0.39 is 6.10 Å². The van der Waals surface area contributed by atoms with E-state index >= 15 is 0 Å². The summed E-state index contributed by atoms with van der Waals surface area (Å²) in [5.41, 5.74) is 2.69. The molecule has 2 aromatic carbocycles. The standard InChI is InChI=1S/C19H16BrClN2O2S/c1-11-9-15(21)7-8-17(11)25-12(2)18(24)23-19-22-16(10-26-19)13-3-5-14(20)6-4-13/h3-10,12H,1-2H3,(H,22,23,24). The number of aryl methyl sites for hydroxylation is 1. The molecule has 1 amide bonds. The lowest BCUT2D eigenvalue weighted by Crippen LogP contribution is -2.30. The molecule has 1 N–H and O–H groups in total. The lowest BCUT2D eigenvalue weighted by molar-refractivity contribution is -0.122. The van der Waals surface area contributed by atoms with Crippen LogP contribution >= 0.6 is 38.9 Å². The number of anilines is 1. The molecule has 3 rings (SSSR count). The molecule has 1 atom stereocenters. The number of rotatable bonds is 5. The van der Waals surface area contributed by atoms with Crippen LogP contribution < -0.4 is 10.1 Å². The van der Waals surface area contributed by atoms with Crippen LogP contribution in [0, 0.1) is 6.92 Å². The molecule has 0 bridgehead atoms. The molecule has 1 heterocycles. The van der Waals surface area contributed by atoms with Gasteiger partial charge < -0.3 is 4.74 Å². The third-order valence-corrected chi connectivity index (χ3v) is 5.21. The fourth-order valence-corrected chi connectivity index (χ4v) is 3.49. The summed E-state index contributed by atoms with van der Waals surface area (Å²) in [4.78, 5) is 16.9. The summed E-state index contributed by atoms with van der Waals surface area (Å²) < 4.78 is 6.75. The van der Waals surface area contributed by atoms with Gasteiger partial charge in [0.2, 0.25) is 0 Å². The van der Waals surface area contributed by atoms with Crippen LogP contribution in [0.3, 0.4) is 0 Å². The maximum absolute atomic E-state index is 12.4. The summed E-state index contributed by atoms with van der Waals surface area (Å²) in [6.07, 6.45) is -0.657. The van der Waals surface area contributed by atoms with Crippen LogP contribution in [0.25, 0.3) is 11.3 Å². The van der Waals surface area contributed by atoms with Crippen LogP contribution in [-0.2, 0) is 4.79 Å². The van der Waals surface area contributed by atoms with Crippen molar-refractivity contribution < 1.29 is 9.53 Å². The number of nitrogens with zero attached hydrogens (tertiary/aromatic N) is 1. The number of benzene rings is 2. The molecule has 134 valence electrons.